The Morgan fingerprint density at radius 3 is 2.33 bits per heavy atom. The van der Waals surface area contributed by atoms with Gasteiger partial charge in [0.15, 0.2) is 5.82 Å². The number of likely N-dealkylation sites (N-methyl/N-ethyl adjacent to an activating group) is 1. The summed E-state index contributed by atoms with van der Waals surface area (Å²) in [6.45, 7) is 4.22. The maximum Gasteiger partial charge on any atom is 0.256 e. The van der Waals surface area contributed by atoms with E-state index in [1.165, 1.54) is 12.1 Å². The highest BCUT2D eigenvalue weighted by Gasteiger charge is 2.16. The average molecular weight is 487 g/mol. The first-order chi connectivity index (χ1) is 17.5. The normalized spacial score (nSPS) is 14.1. The van der Waals surface area contributed by atoms with Crippen molar-refractivity contribution < 1.29 is 14.0 Å². The highest BCUT2D eigenvalue weighted by Crippen LogP contribution is 2.23. The molecule has 184 valence electrons. The standard InChI is InChI=1S/C27H27FN6O2/c1-33-12-14-34(15-13-33)22-9-4-19(5-10-22)27(36)30-25-23-16-20(6-11-24(23)31-32-25)26(35)29-17-18-2-7-21(28)8-3-18/h2-11,16H,12-15,17H2,1H3,(H,29,35)(H2,30,31,32,36). The summed E-state index contributed by atoms with van der Waals surface area (Å²) < 4.78 is 13.1. The second kappa shape index (κ2) is 10.2. The Kier molecular flexibility index (Phi) is 6.64. The van der Waals surface area contributed by atoms with Crippen molar-refractivity contribution in [3.63, 3.8) is 0 Å². The van der Waals surface area contributed by atoms with Crippen LogP contribution in [0.25, 0.3) is 10.9 Å². The van der Waals surface area contributed by atoms with E-state index in [1.54, 1.807) is 30.3 Å². The van der Waals surface area contributed by atoms with Gasteiger partial charge < -0.3 is 20.4 Å². The summed E-state index contributed by atoms with van der Waals surface area (Å²) in [5.41, 5.74) is 3.54. The van der Waals surface area contributed by atoms with Gasteiger partial charge in [0.05, 0.1) is 5.52 Å². The smallest absolute Gasteiger partial charge is 0.256 e. The minimum atomic E-state index is -0.323. The first-order valence-electron chi connectivity index (χ1n) is 11.8. The molecular weight excluding hydrogens is 459 g/mol. The molecule has 3 aromatic carbocycles. The van der Waals surface area contributed by atoms with E-state index in [-0.39, 0.29) is 24.2 Å². The molecule has 0 bridgehead atoms. The third-order valence-electron chi connectivity index (χ3n) is 6.42. The molecule has 1 aliphatic rings. The molecule has 36 heavy (non-hydrogen) atoms. The first-order valence-corrected chi connectivity index (χ1v) is 11.8. The molecular formula is C27H27FN6O2. The Hall–Kier alpha value is -4.24. The Labute approximate surface area is 208 Å². The van der Waals surface area contributed by atoms with Crippen molar-refractivity contribution in [2.75, 3.05) is 43.4 Å². The fraction of sp³-hybridized carbons (Fsp3) is 0.222. The number of amides is 2. The maximum atomic E-state index is 13.1. The van der Waals surface area contributed by atoms with Gasteiger partial charge in [0.2, 0.25) is 0 Å². The van der Waals surface area contributed by atoms with Gasteiger partial charge in [0, 0.05) is 54.9 Å². The number of rotatable bonds is 6. The third kappa shape index (κ3) is 5.21. The van der Waals surface area contributed by atoms with Crippen molar-refractivity contribution in [2.24, 2.45) is 0 Å². The lowest BCUT2D eigenvalue weighted by Gasteiger charge is -2.34. The van der Waals surface area contributed by atoms with Gasteiger partial charge in [-0.3, -0.25) is 14.7 Å². The monoisotopic (exact) mass is 486 g/mol. The Bertz CT molecular complexity index is 1380. The molecule has 5 rings (SSSR count). The molecule has 4 aromatic rings. The van der Waals surface area contributed by atoms with E-state index >= 15 is 0 Å². The lowest BCUT2D eigenvalue weighted by Crippen LogP contribution is -2.44. The maximum absolute atomic E-state index is 13.1. The highest BCUT2D eigenvalue weighted by atomic mass is 19.1. The van der Waals surface area contributed by atoms with Gasteiger partial charge in [-0.05, 0) is 67.2 Å². The second-order valence-corrected chi connectivity index (χ2v) is 8.93. The molecule has 2 amide bonds. The van der Waals surface area contributed by atoms with Gasteiger partial charge in [0.25, 0.3) is 11.8 Å². The number of nitrogens with one attached hydrogen (secondary N) is 3. The molecule has 1 aliphatic heterocycles. The van der Waals surface area contributed by atoms with E-state index < -0.39 is 0 Å². The molecule has 0 spiro atoms. The number of fused-ring (bicyclic) bond motifs is 1. The zero-order valence-electron chi connectivity index (χ0n) is 19.9. The molecule has 9 heteroatoms. The SMILES string of the molecule is CN1CCN(c2ccc(C(=O)Nc3n[nH]c4ccc(C(=O)NCc5ccc(F)cc5)cc34)cc2)CC1. The van der Waals surface area contributed by atoms with E-state index in [1.807, 2.05) is 24.3 Å². The van der Waals surface area contributed by atoms with Crippen LogP contribution in [0.5, 0.6) is 0 Å². The third-order valence-corrected chi connectivity index (χ3v) is 6.42. The fourth-order valence-electron chi connectivity index (χ4n) is 4.21. The van der Waals surface area contributed by atoms with Crippen molar-refractivity contribution >= 4 is 34.2 Å². The Morgan fingerprint density at radius 1 is 0.917 bits per heavy atom. The summed E-state index contributed by atoms with van der Waals surface area (Å²) in [6.07, 6.45) is 0. The van der Waals surface area contributed by atoms with Crippen LogP contribution in [0.4, 0.5) is 15.9 Å². The summed E-state index contributed by atoms with van der Waals surface area (Å²) in [5, 5.41) is 13.4. The molecule has 1 saturated heterocycles. The van der Waals surface area contributed by atoms with Crippen LogP contribution in [0, 0.1) is 5.82 Å². The van der Waals surface area contributed by atoms with Crippen LogP contribution in [0.2, 0.25) is 0 Å². The van der Waals surface area contributed by atoms with E-state index in [4.69, 9.17) is 0 Å². The summed E-state index contributed by atoms with van der Waals surface area (Å²) in [5.74, 6) is -0.527. The zero-order chi connectivity index (χ0) is 25.1. The molecule has 0 aliphatic carbocycles. The minimum absolute atomic E-state index is 0.274. The molecule has 3 N–H and O–H groups in total. The van der Waals surface area contributed by atoms with Gasteiger partial charge in [-0.2, -0.15) is 5.10 Å². The quantitative estimate of drug-likeness (QED) is 0.387. The van der Waals surface area contributed by atoms with E-state index in [0.717, 1.165) is 37.4 Å². The number of carbonyl (C=O) groups excluding carboxylic acids is 2. The van der Waals surface area contributed by atoms with E-state index in [0.29, 0.717) is 27.8 Å². The van der Waals surface area contributed by atoms with Crippen LogP contribution in [0.3, 0.4) is 0 Å². The van der Waals surface area contributed by atoms with Crippen LogP contribution in [-0.2, 0) is 6.54 Å². The number of benzene rings is 3. The number of H-pyrrole nitrogens is 1. The summed E-state index contributed by atoms with van der Waals surface area (Å²) in [7, 11) is 2.12. The largest absolute Gasteiger partial charge is 0.369 e. The Morgan fingerprint density at radius 2 is 1.61 bits per heavy atom. The molecule has 0 atom stereocenters. The fourth-order valence-corrected chi connectivity index (χ4v) is 4.21. The number of hydrogen-bond donors (Lipinski definition) is 3. The van der Waals surface area contributed by atoms with Crippen LogP contribution >= 0.6 is 0 Å². The van der Waals surface area contributed by atoms with Gasteiger partial charge >= 0.3 is 0 Å². The van der Waals surface area contributed by atoms with Gasteiger partial charge in [-0.1, -0.05) is 12.1 Å². The number of piperazine rings is 1. The van der Waals surface area contributed by atoms with Crippen LogP contribution in [0.1, 0.15) is 26.3 Å². The molecule has 8 nitrogen and oxygen atoms in total. The van der Waals surface area contributed by atoms with Crippen LogP contribution in [0.15, 0.2) is 66.7 Å². The van der Waals surface area contributed by atoms with E-state index in [2.05, 4.69) is 37.7 Å². The van der Waals surface area contributed by atoms with E-state index in [9.17, 15) is 14.0 Å². The van der Waals surface area contributed by atoms with Gasteiger partial charge in [-0.15, -0.1) is 0 Å². The molecule has 0 saturated carbocycles. The number of aromatic nitrogens is 2. The number of anilines is 2. The zero-order valence-corrected chi connectivity index (χ0v) is 19.9. The molecule has 1 fully saturated rings. The summed E-state index contributed by atoms with van der Waals surface area (Å²) in [6, 6.07) is 18.6. The number of nitrogens with zero attached hydrogens (tertiary/aromatic N) is 3. The molecule has 0 unspecified atom stereocenters. The number of aromatic amines is 1. The van der Waals surface area contributed by atoms with Crippen molar-refractivity contribution in [2.45, 2.75) is 6.54 Å². The lowest BCUT2D eigenvalue weighted by molar-refractivity contribution is 0.0950. The van der Waals surface area contributed by atoms with Crippen molar-refractivity contribution in [1.82, 2.24) is 20.4 Å². The second-order valence-electron chi connectivity index (χ2n) is 8.93. The minimum Gasteiger partial charge on any atom is -0.369 e. The molecule has 2 heterocycles. The Balaban J connectivity index is 1.25. The number of carbonyl (C=O) groups is 2. The number of hydrogen-bond acceptors (Lipinski definition) is 5. The summed E-state index contributed by atoms with van der Waals surface area (Å²) in [4.78, 5) is 30.2. The van der Waals surface area contributed by atoms with Crippen molar-refractivity contribution in [3.8, 4) is 0 Å². The molecule has 1 aromatic heterocycles. The highest BCUT2D eigenvalue weighted by molar-refractivity contribution is 6.09. The first kappa shape index (κ1) is 23.5. The predicted octanol–water partition coefficient (Wildman–Crippen LogP) is 3.64. The summed E-state index contributed by atoms with van der Waals surface area (Å²) >= 11 is 0. The number of halogens is 1. The molecule has 0 radical (unpaired) electrons. The average Bonchev–Trinajstić information content (AvgIpc) is 3.30. The van der Waals surface area contributed by atoms with Crippen LogP contribution < -0.4 is 15.5 Å². The van der Waals surface area contributed by atoms with Gasteiger partial charge in [0.1, 0.15) is 5.82 Å². The lowest BCUT2D eigenvalue weighted by atomic mass is 10.1. The van der Waals surface area contributed by atoms with Crippen molar-refractivity contribution in [1.29, 1.82) is 0 Å². The van der Waals surface area contributed by atoms with Gasteiger partial charge in [-0.25, -0.2) is 4.39 Å². The predicted molar refractivity (Wildman–Crippen MR) is 138 cm³/mol. The van der Waals surface area contributed by atoms with Crippen molar-refractivity contribution in [3.05, 3.63) is 89.2 Å². The van der Waals surface area contributed by atoms with Crippen LogP contribution in [-0.4, -0.2) is 60.1 Å². The topological polar surface area (TPSA) is 93.4 Å².